The lowest BCUT2D eigenvalue weighted by Gasteiger charge is -2.14. The lowest BCUT2D eigenvalue weighted by atomic mass is 10.1. The van der Waals surface area contributed by atoms with Crippen LogP contribution in [0.2, 0.25) is 0 Å². The molecule has 152 valence electrons. The Morgan fingerprint density at radius 2 is 1.79 bits per heavy atom. The molecule has 1 unspecified atom stereocenters. The SMILES string of the molecule is CCNC(=NCc1cccc(COC(C)C)c1)NCCC(O)c1ccccc1. The van der Waals surface area contributed by atoms with Crippen LogP contribution in [0.25, 0.3) is 0 Å². The van der Waals surface area contributed by atoms with E-state index in [1.165, 1.54) is 0 Å². The molecule has 0 bridgehead atoms. The van der Waals surface area contributed by atoms with Crippen LogP contribution in [0, 0.1) is 0 Å². The summed E-state index contributed by atoms with van der Waals surface area (Å²) in [6.45, 7) is 8.75. The van der Waals surface area contributed by atoms with Crippen LogP contribution in [0.4, 0.5) is 0 Å². The van der Waals surface area contributed by atoms with E-state index in [-0.39, 0.29) is 6.10 Å². The van der Waals surface area contributed by atoms with Crippen molar-refractivity contribution in [1.29, 1.82) is 0 Å². The molecule has 0 amide bonds. The molecule has 0 saturated carbocycles. The van der Waals surface area contributed by atoms with Crippen LogP contribution < -0.4 is 10.6 Å². The summed E-state index contributed by atoms with van der Waals surface area (Å²) in [7, 11) is 0. The Hall–Kier alpha value is -2.37. The number of aliphatic hydroxyl groups is 1. The summed E-state index contributed by atoms with van der Waals surface area (Å²) in [5.74, 6) is 0.756. The molecule has 0 fully saturated rings. The first-order valence-electron chi connectivity index (χ1n) is 10.0. The quantitative estimate of drug-likeness (QED) is 0.431. The third-order valence-corrected chi connectivity index (χ3v) is 4.23. The van der Waals surface area contributed by atoms with Gasteiger partial charge < -0.3 is 20.5 Å². The highest BCUT2D eigenvalue weighted by molar-refractivity contribution is 5.79. The Bertz CT molecular complexity index is 717. The fourth-order valence-electron chi connectivity index (χ4n) is 2.76. The molecule has 0 aliphatic rings. The average molecular weight is 384 g/mol. The van der Waals surface area contributed by atoms with Gasteiger partial charge in [0.1, 0.15) is 0 Å². The van der Waals surface area contributed by atoms with Crippen molar-refractivity contribution in [1.82, 2.24) is 10.6 Å². The number of benzene rings is 2. The molecule has 0 aliphatic carbocycles. The van der Waals surface area contributed by atoms with Gasteiger partial charge in [-0.25, -0.2) is 4.99 Å². The van der Waals surface area contributed by atoms with Crippen LogP contribution in [0.3, 0.4) is 0 Å². The lowest BCUT2D eigenvalue weighted by Crippen LogP contribution is -2.38. The number of hydrogen-bond donors (Lipinski definition) is 3. The Labute approximate surface area is 168 Å². The van der Waals surface area contributed by atoms with E-state index in [0.29, 0.717) is 26.1 Å². The zero-order valence-corrected chi connectivity index (χ0v) is 17.2. The van der Waals surface area contributed by atoms with Gasteiger partial charge in [0.05, 0.1) is 25.4 Å². The van der Waals surface area contributed by atoms with Gasteiger partial charge in [-0.3, -0.25) is 0 Å². The first-order chi connectivity index (χ1) is 13.6. The minimum absolute atomic E-state index is 0.220. The van der Waals surface area contributed by atoms with Crippen molar-refractivity contribution in [2.24, 2.45) is 4.99 Å². The number of rotatable bonds is 10. The van der Waals surface area contributed by atoms with E-state index >= 15 is 0 Å². The molecular formula is C23H33N3O2. The van der Waals surface area contributed by atoms with Crippen LogP contribution in [0.1, 0.15) is 50.0 Å². The summed E-state index contributed by atoms with van der Waals surface area (Å²) >= 11 is 0. The van der Waals surface area contributed by atoms with Crippen molar-refractivity contribution >= 4 is 5.96 Å². The van der Waals surface area contributed by atoms with Gasteiger partial charge in [-0.15, -0.1) is 0 Å². The van der Waals surface area contributed by atoms with Gasteiger partial charge in [0.15, 0.2) is 5.96 Å². The van der Waals surface area contributed by atoms with Gasteiger partial charge in [-0.2, -0.15) is 0 Å². The summed E-state index contributed by atoms with van der Waals surface area (Å²) < 4.78 is 5.67. The summed E-state index contributed by atoms with van der Waals surface area (Å²) in [5.41, 5.74) is 3.24. The second-order valence-corrected chi connectivity index (χ2v) is 7.02. The largest absolute Gasteiger partial charge is 0.388 e. The van der Waals surface area contributed by atoms with Crippen LogP contribution in [0.15, 0.2) is 59.6 Å². The third kappa shape index (κ3) is 8.11. The van der Waals surface area contributed by atoms with E-state index in [1.807, 2.05) is 57.2 Å². The zero-order chi connectivity index (χ0) is 20.2. The second kappa shape index (κ2) is 12.2. The van der Waals surface area contributed by atoms with Crippen molar-refractivity contribution in [3.63, 3.8) is 0 Å². The van der Waals surface area contributed by atoms with Crippen LogP contribution >= 0.6 is 0 Å². The molecule has 5 heteroatoms. The van der Waals surface area contributed by atoms with E-state index in [9.17, 15) is 5.11 Å². The van der Waals surface area contributed by atoms with Gasteiger partial charge in [0.2, 0.25) is 0 Å². The fraction of sp³-hybridized carbons (Fsp3) is 0.435. The maximum Gasteiger partial charge on any atom is 0.191 e. The Balaban J connectivity index is 1.87. The van der Waals surface area contributed by atoms with E-state index in [2.05, 4.69) is 33.8 Å². The molecule has 0 aliphatic heterocycles. The predicted octanol–water partition coefficient (Wildman–Crippen LogP) is 3.79. The van der Waals surface area contributed by atoms with E-state index in [4.69, 9.17) is 4.74 Å². The number of guanidine groups is 1. The molecule has 2 rings (SSSR count). The molecule has 0 saturated heterocycles. The average Bonchev–Trinajstić information content (AvgIpc) is 2.71. The van der Waals surface area contributed by atoms with Crippen LogP contribution in [-0.2, 0) is 17.9 Å². The normalized spacial score (nSPS) is 12.8. The third-order valence-electron chi connectivity index (χ3n) is 4.23. The molecule has 5 nitrogen and oxygen atoms in total. The van der Waals surface area contributed by atoms with E-state index < -0.39 is 6.10 Å². The number of aliphatic imine (C=N–C) groups is 1. The molecule has 2 aromatic rings. The van der Waals surface area contributed by atoms with Gasteiger partial charge in [-0.1, -0.05) is 54.6 Å². The first-order valence-corrected chi connectivity index (χ1v) is 10.0. The highest BCUT2D eigenvalue weighted by Crippen LogP contribution is 2.15. The number of ether oxygens (including phenoxy) is 1. The van der Waals surface area contributed by atoms with Gasteiger partial charge in [-0.05, 0) is 43.9 Å². The molecule has 0 heterocycles. The molecule has 0 spiro atoms. The zero-order valence-electron chi connectivity index (χ0n) is 17.2. The van der Waals surface area contributed by atoms with Gasteiger partial charge >= 0.3 is 0 Å². The molecular weight excluding hydrogens is 350 g/mol. The molecule has 2 aromatic carbocycles. The van der Waals surface area contributed by atoms with E-state index in [1.54, 1.807) is 0 Å². The molecule has 0 aromatic heterocycles. The smallest absolute Gasteiger partial charge is 0.191 e. The molecule has 1 atom stereocenters. The number of nitrogens with zero attached hydrogens (tertiary/aromatic N) is 1. The molecule has 0 radical (unpaired) electrons. The second-order valence-electron chi connectivity index (χ2n) is 7.02. The molecule has 3 N–H and O–H groups in total. The van der Waals surface area contributed by atoms with Gasteiger partial charge in [0.25, 0.3) is 0 Å². The van der Waals surface area contributed by atoms with Crippen molar-refractivity contribution in [2.75, 3.05) is 13.1 Å². The Morgan fingerprint density at radius 1 is 1.04 bits per heavy atom. The standard InChI is InChI=1S/C23H33N3O2/c1-4-24-23(25-14-13-22(27)21-11-6-5-7-12-21)26-16-19-9-8-10-20(15-19)17-28-18(2)3/h5-12,15,18,22,27H,4,13-14,16-17H2,1-3H3,(H2,24,25,26). The highest BCUT2D eigenvalue weighted by Gasteiger charge is 2.07. The number of nitrogens with one attached hydrogen (secondary N) is 2. The van der Waals surface area contributed by atoms with Crippen molar-refractivity contribution in [3.8, 4) is 0 Å². The van der Waals surface area contributed by atoms with Crippen LogP contribution in [-0.4, -0.2) is 30.3 Å². The minimum Gasteiger partial charge on any atom is -0.388 e. The van der Waals surface area contributed by atoms with Crippen molar-refractivity contribution < 1.29 is 9.84 Å². The monoisotopic (exact) mass is 383 g/mol. The van der Waals surface area contributed by atoms with Crippen molar-refractivity contribution in [2.45, 2.75) is 52.6 Å². The maximum absolute atomic E-state index is 10.3. The topological polar surface area (TPSA) is 65.9 Å². The maximum atomic E-state index is 10.3. The summed E-state index contributed by atoms with van der Waals surface area (Å²) in [6, 6.07) is 18.0. The van der Waals surface area contributed by atoms with E-state index in [0.717, 1.165) is 29.2 Å². The minimum atomic E-state index is -0.478. The summed E-state index contributed by atoms with van der Waals surface area (Å²) in [5, 5.41) is 16.8. The summed E-state index contributed by atoms with van der Waals surface area (Å²) in [6.07, 6.45) is 0.364. The fourth-order valence-corrected chi connectivity index (χ4v) is 2.76. The van der Waals surface area contributed by atoms with Crippen molar-refractivity contribution in [3.05, 3.63) is 71.3 Å². The first kappa shape index (κ1) is 21.9. The number of aliphatic hydroxyl groups excluding tert-OH is 1. The van der Waals surface area contributed by atoms with Crippen LogP contribution in [0.5, 0.6) is 0 Å². The summed E-state index contributed by atoms with van der Waals surface area (Å²) in [4.78, 5) is 4.66. The predicted molar refractivity (Wildman–Crippen MR) is 115 cm³/mol. The lowest BCUT2D eigenvalue weighted by molar-refractivity contribution is 0.0657. The highest BCUT2D eigenvalue weighted by atomic mass is 16.5. The Morgan fingerprint density at radius 3 is 2.50 bits per heavy atom. The van der Waals surface area contributed by atoms with Gasteiger partial charge in [0, 0.05) is 13.1 Å². The Kier molecular flexibility index (Phi) is 9.52. The molecule has 28 heavy (non-hydrogen) atoms. The number of hydrogen-bond acceptors (Lipinski definition) is 3.